The lowest BCUT2D eigenvalue weighted by molar-refractivity contribution is 0.0950. The normalized spacial score (nSPS) is 10.2. The molecule has 0 aliphatic rings. The molecule has 4 nitrogen and oxygen atoms in total. The Morgan fingerprint density at radius 1 is 1.30 bits per heavy atom. The number of hydrogen-bond acceptors (Lipinski definition) is 3. The van der Waals surface area contributed by atoms with Crippen molar-refractivity contribution in [2.75, 3.05) is 12.4 Å². The number of pyridine rings is 1. The molecule has 2 rings (SSSR count). The maximum atomic E-state index is 12.1. The Balaban J connectivity index is 2.07. The molecule has 0 radical (unpaired) electrons. The van der Waals surface area contributed by atoms with Gasteiger partial charge in [-0.15, -0.1) is 0 Å². The molecule has 0 aliphatic heterocycles. The summed E-state index contributed by atoms with van der Waals surface area (Å²) in [6.07, 6.45) is 0. The van der Waals surface area contributed by atoms with Crippen LogP contribution in [0.3, 0.4) is 0 Å². The molecule has 0 unspecified atom stereocenters. The van der Waals surface area contributed by atoms with Gasteiger partial charge in [0, 0.05) is 29.3 Å². The van der Waals surface area contributed by atoms with E-state index < -0.39 is 0 Å². The van der Waals surface area contributed by atoms with Gasteiger partial charge in [-0.2, -0.15) is 0 Å². The van der Waals surface area contributed by atoms with Gasteiger partial charge in [0.2, 0.25) is 0 Å². The van der Waals surface area contributed by atoms with E-state index >= 15 is 0 Å². The summed E-state index contributed by atoms with van der Waals surface area (Å²) in [6, 6.07) is 11.4. The van der Waals surface area contributed by atoms with Gasteiger partial charge in [0.1, 0.15) is 5.82 Å². The van der Waals surface area contributed by atoms with E-state index in [1.165, 1.54) is 0 Å². The van der Waals surface area contributed by atoms with Gasteiger partial charge < -0.3 is 10.6 Å². The Morgan fingerprint density at radius 3 is 2.80 bits per heavy atom. The molecule has 1 heterocycles. The lowest BCUT2D eigenvalue weighted by Crippen LogP contribution is -2.23. The summed E-state index contributed by atoms with van der Waals surface area (Å²) in [5.74, 6) is 0.588. The first-order valence-corrected chi connectivity index (χ1v) is 7.07. The van der Waals surface area contributed by atoms with Gasteiger partial charge >= 0.3 is 0 Å². The number of anilines is 1. The average molecular weight is 334 g/mol. The Morgan fingerprint density at radius 2 is 2.10 bits per heavy atom. The van der Waals surface area contributed by atoms with Crippen LogP contribution in [0.1, 0.15) is 21.6 Å². The Kier molecular flexibility index (Phi) is 4.74. The van der Waals surface area contributed by atoms with Crippen LogP contribution in [-0.2, 0) is 6.54 Å². The van der Waals surface area contributed by atoms with Gasteiger partial charge in [-0.3, -0.25) is 4.79 Å². The van der Waals surface area contributed by atoms with Gasteiger partial charge in [-0.25, -0.2) is 4.98 Å². The zero-order valence-corrected chi connectivity index (χ0v) is 13.0. The molecule has 0 aliphatic carbocycles. The molecule has 1 amide bonds. The van der Waals surface area contributed by atoms with Crippen molar-refractivity contribution in [1.82, 2.24) is 10.3 Å². The first-order chi connectivity index (χ1) is 9.58. The van der Waals surface area contributed by atoms with Crippen molar-refractivity contribution in [3.63, 3.8) is 0 Å². The predicted molar refractivity (Wildman–Crippen MR) is 83.8 cm³/mol. The molecule has 0 atom stereocenters. The Bertz CT molecular complexity index is 628. The van der Waals surface area contributed by atoms with Crippen molar-refractivity contribution in [3.05, 3.63) is 57.7 Å². The molecule has 104 valence electrons. The summed E-state index contributed by atoms with van der Waals surface area (Å²) in [7, 11) is 1.78. The van der Waals surface area contributed by atoms with Gasteiger partial charge in [0.15, 0.2) is 0 Å². The van der Waals surface area contributed by atoms with Crippen LogP contribution in [0.2, 0.25) is 0 Å². The largest absolute Gasteiger partial charge is 0.373 e. The van der Waals surface area contributed by atoms with E-state index in [-0.39, 0.29) is 5.91 Å². The lowest BCUT2D eigenvalue weighted by Gasteiger charge is -2.08. The molecule has 2 aromatic rings. The molecular weight excluding hydrogens is 318 g/mol. The van der Waals surface area contributed by atoms with Gasteiger partial charge in [-0.05, 0) is 36.8 Å². The van der Waals surface area contributed by atoms with Crippen molar-refractivity contribution < 1.29 is 4.79 Å². The van der Waals surface area contributed by atoms with Gasteiger partial charge in [0.05, 0.1) is 0 Å². The summed E-state index contributed by atoms with van der Waals surface area (Å²) < 4.78 is 1.00. The van der Waals surface area contributed by atoms with Gasteiger partial charge in [0.25, 0.3) is 5.91 Å². The Hall–Kier alpha value is -1.88. The zero-order valence-electron chi connectivity index (χ0n) is 11.4. The van der Waals surface area contributed by atoms with E-state index in [4.69, 9.17) is 0 Å². The number of nitrogens with one attached hydrogen (secondary N) is 2. The molecule has 5 heteroatoms. The average Bonchev–Trinajstić information content (AvgIpc) is 2.44. The molecule has 1 aromatic carbocycles. The number of halogens is 1. The summed E-state index contributed by atoms with van der Waals surface area (Å²) in [5.41, 5.74) is 2.47. The molecular formula is C15H16BrN3O. The maximum Gasteiger partial charge on any atom is 0.251 e. The quantitative estimate of drug-likeness (QED) is 0.903. The highest BCUT2D eigenvalue weighted by Gasteiger charge is 2.08. The van der Waals surface area contributed by atoms with E-state index in [0.29, 0.717) is 17.9 Å². The Labute approximate surface area is 126 Å². The van der Waals surface area contributed by atoms with E-state index in [9.17, 15) is 4.79 Å². The van der Waals surface area contributed by atoms with Crippen molar-refractivity contribution in [2.24, 2.45) is 0 Å². The first kappa shape index (κ1) is 14.5. The zero-order chi connectivity index (χ0) is 14.5. The molecule has 0 fully saturated rings. The van der Waals surface area contributed by atoms with Crippen LogP contribution in [0.4, 0.5) is 5.82 Å². The second-order valence-corrected chi connectivity index (χ2v) is 5.36. The molecule has 20 heavy (non-hydrogen) atoms. The third kappa shape index (κ3) is 3.81. The second kappa shape index (κ2) is 6.52. The number of carbonyl (C=O) groups is 1. The topological polar surface area (TPSA) is 54.0 Å². The van der Waals surface area contributed by atoms with Crippen LogP contribution in [0.5, 0.6) is 0 Å². The number of carbonyl (C=O) groups excluding carboxylic acids is 1. The molecule has 0 saturated carbocycles. The highest BCUT2D eigenvalue weighted by Crippen LogP contribution is 2.12. The van der Waals surface area contributed by atoms with E-state index in [1.54, 1.807) is 19.2 Å². The minimum Gasteiger partial charge on any atom is -0.373 e. The number of rotatable bonds is 4. The third-order valence-electron chi connectivity index (χ3n) is 2.81. The molecule has 0 bridgehead atoms. The fourth-order valence-corrected chi connectivity index (χ4v) is 2.31. The highest BCUT2D eigenvalue weighted by atomic mass is 79.9. The standard InChI is InChI=1S/C15H16BrN3O/c1-10-6-12(8-14(17-2)19-10)15(20)18-9-11-4-3-5-13(16)7-11/h3-8H,9H2,1-2H3,(H,17,19)(H,18,20). The summed E-state index contributed by atoms with van der Waals surface area (Å²) in [5, 5.41) is 5.85. The maximum absolute atomic E-state index is 12.1. The van der Waals surface area contributed by atoms with E-state index in [2.05, 4.69) is 31.5 Å². The molecule has 0 saturated heterocycles. The minimum atomic E-state index is -0.105. The fraction of sp³-hybridized carbons (Fsp3) is 0.200. The minimum absolute atomic E-state index is 0.105. The molecule has 1 aromatic heterocycles. The number of benzene rings is 1. The summed E-state index contributed by atoms with van der Waals surface area (Å²) in [6.45, 7) is 2.36. The van der Waals surface area contributed by atoms with Crippen molar-refractivity contribution in [2.45, 2.75) is 13.5 Å². The van der Waals surface area contributed by atoms with Crippen LogP contribution in [-0.4, -0.2) is 17.9 Å². The predicted octanol–water partition coefficient (Wildman–Crippen LogP) is 3.12. The number of aryl methyl sites for hydroxylation is 1. The number of hydrogen-bond donors (Lipinski definition) is 2. The van der Waals surface area contributed by atoms with E-state index in [1.807, 2.05) is 31.2 Å². The van der Waals surface area contributed by atoms with Crippen molar-refractivity contribution in [1.29, 1.82) is 0 Å². The lowest BCUT2D eigenvalue weighted by atomic mass is 10.2. The summed E-state index contributed by atoms with van der Waals surface area (Å²) in [4.78, 5) is 16.4. The second-order valence-electron chi connectivity index (χ2n) is 4.45. The molecule has 2 N–H and O–H groups in total. The number of aromatic nitrogens is 1. The van der Waals surface area contributed by atoms with Crippen molar-refractivity contribution in [3.8, 4) is 0 Å². The highest BCUT2D eigenvalue weighted by molar-refractivity contribution is 9.10. The van der Waals surface area contributed by atoms with Crippen molar-refractivity contribution >= 4 is 27.7 Å². The number of nitrogens with zero attached hydrogens (tertiary/aromatic N) is 1. The fourth-order valence-electron chi connectivity index (χ4n) is 1.86. The molecule has 0 spiro atoms. The van der Waals surface area contributed by atoms with Crippen LogP contribution in [0, 0.1) is 6.92 Å². The van der Waals surface area contributed by atoms with Crippen LogP contribution in [0.15, 0.2) is 40.9 Å². The number of amides is 1. The van der Waals surface area contributed by atoms with Gasteiger partial charge in [-0.1, -0.05) is 28.1 Å². The van der Waals surface area contributed by atoms with Crippen LogP contribution in [0.25, 0.3) is 0 Å². The monoisotopic (exact) mass is 333 g/mol. The first-order valence-electron chi connectivity index (χ1n) is 6.27. The third-order valence-corrected chi connectivity index (χ3v) is 3.31. The van der Waals surface area contributed by atoms with Crippen LogP contribution < -0.4 is 10.6 Å². The smallest absolute Gasteiger partial charge is 0.251 e. The summed E-state index contributed by atoms with van der Waals surface area (Å²) >= 11 is 3.41. The van der Waals surface area contributed by atoms with Crippen LogP contribution >= 0.6 is 15.9 Å². The van der Waals surface area contributed by atoms with E-state index in [0.717, 1.165) is 15.7 Å². The SMILES string of the molecule is CNc1cc(C(=O)NCc2cccc(Br)c2)cc(C)n1.